The van der Waals surface area contributed by atoms with Crippen LogP contribution in [0.4, 0.5) is 4.39 Å². The van der Waals surface area contributed by atoms with E-state index in [0.717, 1.165) is 56.0 Å². The molecule has 4 rings (SSSR count). The van der Waals surface area contributed by atoms with E-state index in [4.69, 9.17) is 0 Å². The van der Waals surface area contributed by atoms with E-state index in [1.165, 1.54) is 6.07 Å². The van der Waals surface area contributed by atoms with Crippen LogP contribution < -0.4 is 10.6 Å². The number of nitrogens with zero attached hydrogens (tertiary/aromatic N) is 2. The SMILES string of the molecule is O=C1N(CC2=NCCN2)Cc2cc(F)ccc2C12CCNCC2. The van der Waals surface area contributed by atoms with Gasteiger partial charge in [0.1, 0.15) is 11.7 Å². The van der Waals surface area contributed by atoms with Gasteiger partial charge in [-0.15, -0.1) is 0 Å². The Morgan fingerprint density at radius 3 is 2.83 bits per heavy atom. The third kappa shape index (κ3) is 2.41. The molecule has 1 amide bonds. The molecule has 3 aliphatic rings. The summed E-state index contributed by atoms with van der Waals surface area (Å²) in [6.45, 7) is 4.17. The zero-order valence-electron chi connectivity index (χ0n) is 13.1. The van der Waals surface area contributed by atoms with Crippen molar-refractivity contribution in [1.29, 1.82) is 0 Å². The summed E-state index contributed by atoms with van der Waals surface area (Å²) in [6, 6.07) is 4.88. The van der Waals surface area contributed by atoms with Gasteiger partial charge in [-0.3, -0.25) is 9.79 Å². The lowest BCUT2D eigenvalue weighted by Gasteiger charge is -2.45. The number of carbonyl (C=O) groups excluding carboxylic acids is 1. The molecule has 0 bridgehead atoms. The van der Waals surface area contributed by atoms with E-state index in [9.17, 15) is 9.18 Å². The maximum absolute atomic E-state index is 13.7. The highest BCUT2D eigenvalue weighted by Gasteiger charge is 2.48. The van der Waals surface area contributed by atoms with Crippen LogP contribution in [0.2, 0.25) is 0 Å². The number of carbonyl (C=O) groups is 1. The van der Waals surface area contributed by atoms with Crippen molar-refractivity contribution in [2.75, 3.05) is 32.7 Å². The Morgan fingerprint density at radius 1 is 1.26 bits per heavy atom. The van der Waals surface area contributed by atoms with Gasteiger partial charge in [-0.05, 0) is 49.2 Å². The molecule has 3 aliphatic heterocycles. The van der Waals surface area contributed by atoms with Crippen molar-refractivity contribution in [3.05, 3.63) is 35.1 Å². The number of nitrogens with one attached hydrogen (secondary N) is 2. The predicted octanol–water partition coefficient (Wildman–Crippen LogP) is 0.791. The maximum Gasteiger partial charge on any atom is 0.234 e. The molecule has 0 aromatic heterocycles. The van der Waals surface area contributed by atoms with Crippen LogP contribution in [-0.4, -0.2) is 49.4 Å². The van der Waals surface area contributed by atoms with E-state index in [1.54, 1.807) is 6.07 Å². The number of rotatable bonds is 2. The molecule has 3 heterocycles. The summed E-state index contributed by atoms with van der Waals surface area (Å²) in [5.74, 6) is 0.787. The molecule has 6 heteroatoms. The fraction of sp³-hybridized carbons (Fsp3) is 0.529. The standard InChI is InChI=1S/C17H21FN4O/c18-13-1-2-14-12(9-13)10-22(11-15-20-7-8-21-15)16(23)17(14)3-5-19-6-4-17/h1-2,9,19H,3-8,10-11H2,(H,20,21). The second kappa shape index (κ2) is 5.60. The average Bonchev–Trinajstić information content (AvgIpc) is 3.06. The first kappa shape index (κ1) is 14.6. The topological polar surface area (TPSA) is 56.7 Å². The van der Waals surface area contributed by atoms with Crippen LogP contribution in [0.15, 0.2) is 23.2 Å². The van der Waals surface area contributed by atoms with Gasteiger partial charge in [0.15, 0.2) is 0 Å². The Bertz CT molecular complexity index is 667. The molecule has 0 saturated carbocycles. The summed E-state index contributed by atoms with van der Waals surface area (Å²) in [7, 11) is 0. The number of fused-ring (bicyclic) bond motifs is 2. The Morgan fingerprint density at radius 2 is 2.09 bits per heavy atom. The second-order valence-corrected chi connectivity index (χ2v) is 6.55. The van der Waals surface area contributed by atoms with Crippen molar-refractivity contribution in [1.82, 2.24) is 15.5 Å². The van der Waals surface area contributed by atoms with Gasteiger partial charge >= 0.3 is 0 Å². The number of piperidine rings is 1. The van der Waals surface area contributed by atoms with E-state index >= 15 is 0 Å². The van der Waals surface area contributed by atoms with Gasteiger partial charge in [0.25, 0.3) is 0 Å². The third-order valence-corrected chi connectivity index (χ3v) is 5.18. The first-order valence-corrected chi connectivity index (χ1v) is 8.25. The van der Waals surface area contributed by atoms with Gasteiger partial charge in [0.05, 0.1) is 18.5 Å². The van der Waals surface area contributed by atoms with Crippen LogP contribution in [0, 0.1) is 5.82 Å². The first-order chi connectivity index (χ1) is 11.2. The second-order valence-electron chi connectivity index (χ2n) is 6.55. The molecule has 1 aromatic rings. The number of benzene rings is 1. The van der Waals surface area contributed by atoms with Crippen molar-refractivity contribution in [3.8, 4) is 0 Å². The number of amidine groups is 1. The summed E-state index contributed by atoms with van der Waals surface area (Å²) in [5, 5.41) is 6.55. The lowest BCUT2D eigenvalue weighted by molar-refractivity contribution is -0.139. The fourth-order valence-corrected chi connectivity index (χ4v) is 4.05. The van der Waals surface area contributed by atoms with E-state index < -0.39 is 5.41 Å². The molecule has 0 aliphatic carbocycles. The minimum Gasteiger partial charge on any atom is -0.370 e. The summed E-state index contributed by atoms with van der Waals surface area (Å²) in [6.07, 6.45) is 1.53. The zero-order valence-corrected chi connectivity index (χ0v) is 13.1. The molecule has 5 nitrogen and oxygen atoms in total. The number of halogens is 1. The number of hydrogen-bond acceptors (Lipinski definition) is 4. The van der Waals surface area contributed by atoms with Crippen LogP contribution in [0.3, 0.4) is 0 Å². The van der Waals surface area contributed by atoms with Crippen LogP contribution in [0.25, 0.3) is 0 Å². The van der Waals surface area contributed by atoms with Crippen LogP contribution in [0.1, 0.15) is 24.0 Å². The lowest BCUT2D eigenvalue weighted by atomic mass is 9.68. The summed E-state index contributed by atoms with van der Waals surface area (Å²) in [5.41, 5.74) is 1.44. The maximum atomic E-state index is 13.7. The first-order valence-electron chi connectivity index (χ1n) is 8.25. The predicted molar refractivity (Wildman–Crippen MR) is 85.9 cm³/mol. The quantitative estimate of drug-likeness (QED) is 0.848. The summed E-state index contributed by atoms with van der Waals surface area (Å²) >= 11 is 0. The summed E-state index contributed by atoms with van der Waals surface area (Å²) in [4.78, 5) is 19.5. The van der Waals surface area contributed by atoms with Gasteiger partial charge in [0, 0.05) is 13.1 Å². The Kier molecular flexibility index (Phi) is 3.56. The summed E-state index contributed by atoms with van der Waals surface area (Å²) < 4.78 is 13.7. The molecule has 1 saturated heterocycles. The monoisotopic (exact) mass is 316 g/mol. The van der Waals surface area contributed by atoms with Crippen LogP contribution in [0.5, 0.6) is 0 Å². The Balaban J connectivity index is 1.73. The van der Waals surface area contributed by atoms with Crippen LogP contribution in [-0.2, 0) is 16.8 Å². The largest absolute Gasteiger partial charge is 0.370 e. The van der Waals surface area contributed by atoms with E-state index in [0.29, 0.717) is 13.1 Å². The van der Waals surface area contributed by atoms with Crippen molar-refractivity contribution in [2.45, 2.75) is 24.8 Å². The van der Waals surface area contributed by atoms with E-state index in [2.05, 4.69) is 15.6 Å². The lowest BCUT2D eigenvalue weighted by Crippen LogP contribution is -2.56. The zero-order chi connectivity index (χ0) is 15.9. The van der Waals surface area contributed by atoms with Gasteiger partial charge in [0.2, 0.25) is 5.91 Å². The number of aliphatic imine (C=N–C) groups is 1. The molecule has 0 atom stereocenters. The molecule has 0 unspecified atom stereocenters. The van der Waals surface area contributed by atoms with Gasteiger partial charge in [-0.25, -0.2) is 4.39 Å². The fourth-order valence-electron chi connectivity index (χ4n) is 4.05. The normalized spacial score (nSPS) is 22.7. The van der Waals surface area contributed by atoms with Crippen molar-refractivity contribution in [3.63, 3.8) is 0 Å². The van der Waals surface area contributed by atoms with E-state index in [-0.39, 0.29) is 11.7 Å². The highest BCUT2D eigenvalue weighted by Crippen LogP contribution is 2.41. The van der Waals surface area contributed by atoms with Gasteiger partial charge in [-0.1, -0.05) is 6.07 Å². The minimum atomic E-state index is -0.508. The van der Waals surface area contributed by atoms with E-state index in [1.807, 2.05) is 11.0 Å². The Labute approximate surface area is 135 Å². The molecule has 23 heavy (non-hydrogen) atoms. The molecule has 2 N–H and O–H groups in total. The molecular formula is C17H21FN4O. The van der Waals surface area contributed by atoms with Crippen molar-refractivity contribution < 1.29 is 9.18 Å². The third-order valence-electron chi connectivity index (χ3n) is 5.18. The molecule has 1 fully saturated rings. The number of amides is 1. The smallest absolute Gasteiger partial charge is 0.234 e. The Hall–Kier alpha value is -1.95. The van der Waals surface area contributed by atoms with Gasteiger partial charge in [-0.2, -0.15) is 0 Å². The minimum absolute atomic E-state index is 0.162. The average molecular weight is 316 g/mol. The molecule has 122 valence electrons. The van der Waals surface area contributed by atoms with Crippen LogP contribution >= 0.6 is 0 Å². The van der Waals surface area contributed by atoms with Crippen molar-refractivity contribution >= 4 is 11.7 Å². The molecule has 0 radical (unpaired) electrons. The highest BCUT2D eigenvalue weighted by atomic mass is 19.1. The molecular weight excluding hydrogens is 295 g/mol. The van der Waals surface area contributed by atoms with Gasteiger partial charge < -0.3 is 15.5 Å². The van der Waals surface area contributed by atoms with Crippen molar-refractivity contribution in [2.24, 2.45) is 4.99 Å². The number of hydrogen-bond donors (Lipinski definition) is 2. The molecule has 1 spiro atoms. The molecule has 1 aromatic carbocycles. The highest BCUT2D eigenvalue weighted by molar-refractivity contribution is 5.95.